The third-order valence-electron chi connectivity index (χ3n) is 3.34. The van der Waals surface area contributed by atoms with Gasteiger partial charge in [0.1, 0.15) is 0 Å². The molecule has 17 heavy (non-hydrogen) atoms. The summed E-state index contributed by atoms with van der Waals surface area (Å²) in [4.78, 5) is 25.4. The van der Waals surface area contributed by atoms with Crippen LogP contribution < -0.4 is 10.6 Å². The fourth-order valence-corrected chi connectivity index (χ4v) is 2.19. The highest BCUT2D eigenvalue weighted by molar-refractivity contribution is 5.80. The Labute approximate surface area is 102 Å². The van der Waals surface area contributed by atoms with E-state index in [0.717, 1.165) is 32.2 Å². The molecule has 2 N–H and O–H groups in total. The van der Waals surface area contributed by atoms with Gasteiger partial charge in [-0.3, -0.25) is 4.79 Å². The highest BCUT2D eigenvalue weighted by atomic mass is 16.2. The van der Waals surface area contributed by atoms with Crippen LogP contribution in [0.4, 0.5) is 4.79 Å². The Morgan fingerprint density at radius 2 is 2.06 bits per heavy atom. The van der Waals surface area contributed by atoms with Crippen molar-refractivity contribution in [3.05, 3.63) is 0 Å². The van der Waals surface area contributed by atoms with Crippen molar-refractivity contribution in [1.29, 1.82) is 0 Å². The number of likely N-dealkylation sites (tertiary alicyclic amines) is 1. The predicted octanol–water partition coefficient (Wildman–Crippen LogP) is 0.706. The number of rotatable bonds is 3. The first-order valence-corrected chi connectivity index (χ1v) is 6.54. The second-order valence-electron chi connectivity index (χ2n) is 4.90. The molecule has 2 rings (SSSR count). The first kappa shape index (κ1) is 12.2. The standard InChI is InChI=1S/C12H21N3O2/c1-2-13-11(16)9-4-3-7-15(8-9)12(17)14-10-5-6-10/h9-10H,2-8H2,1H3,(H,13,16)(H,14,17). The maximum atomic E-state index is 11.9. The van der Waals surface area contributed by atoms with E-state index in [2.05, 4.69) is 10.6 Å². The van der Waals surface area contributed by atoms with E-state index in [1.807, 2.05) is 6.92 Å². The Hall–Kier alpha value is -1.26. The predicted molar refractivity (Wildman–Crippen MR) is 64.5 cm³/mol. The Kier molecular flexibility index (Phi) is 3.86. The van der Waals surface area contributed by atoms with E-state index in [9.17, 15) is 9.59 Å². The van der Waals surface area contributed by atoms with Gasteiger partial charge >= 0.3 is 6.03 Å². The van der Waals surface area contributed by atoms with Gasteiger partial charge in [-0.1, -0.05) is 0 Å². The lowest BCUT2D eigenvalue weighted by Gasteiger charge is -2.32. The Balaban J connectivity index is 1.82. The smallest absolute Gasteiger partial charge is 0.317 e. The lowest BCUT2D eigenvalue weighted by Crippen LogP contribution is -2.49. The number of nitrogens with zero attached hydrogens (tertiary/aromatic N) is 1. The fraction of sp³-hybridized carbons (Fsp3) is 0.833. The van der Waals surface area contributed by atoms with E-state index in [1.165, 1.54) is 0 Å². The molecule has 1 saturated carbocycles. The van der Waals surface area contributed by atoms with Gasteiger partial charge in [-0.25, -0.2) is 4.79 Å². The molecule has 1 heterocycles. The van der Waals surface area contributed by atoms with Gasteiger partial charge in [0.25, 0.3) is 0 Å². The average Bonchev–Trinajstić information content (AvgIpc) is 3.13. The monoisotopic (exact) mass is 239 g/mol. The Morgan fingerprint density at radius 3 is 2.71 bits per heavy atom. The summed E-state index contributed by atoms with van der Waals surface area (Å²) in [6, 6.07) is 0.383. The second-order valence-corrected chi connectivity index (χ2v) is 4.90. The van der Waals surface area contributed by atoms with E-state index in [-0.39, 0.29) is 17.9 Å². The van der Waals surface area contributed by atoms with Crippen molar-refractivity contribution < 1.29 is 9.59 Å². The van der Waals surface area contributed by atoms with E-state index < -0.39 is 0 Å². The molecule has 1 saturated heterocycles. The highest BCUT2D eigenvalue weighted by Gasteiger charge is 2.31. The number of urea groups is 1. The number of carbonyl (C=O) groups is 2. The number of carbonyl (C=O) groups excluding carboxylic acids is 2. The van der Waals surface area contributed by atoms with E-state index in [0.29, 0.717) is 19.1 Å². The summed E-state index contributed by atoms with van der Waals surface area (Å²) in [5.74, 6) is 0.0464. The molecule has 0 spiro atoms. The summed E-state index contributed by atoms with van der Waals surface area (Å²) in [6.45, 7) is 3.90. The number of amides is 3. The number of nitrogens with one attached hydrogen (secondary N) is 2. The zero-order chi connectivity index (χ0) is 12.3. The number of hydrogen-bond donors (Lipinski definition) is 2. The molecule has 2 fully saturated rings. The number of piperidine rings is 1. The fourth-order valence-electron chi connectivity index (χ4n) is 2.19. The van der Waals surface area contributed by atoms with E-state index in [1.54, 1.807) is 4.90 Å². The molecule has 0 aromatic heterocycles. The van der Waals surface area contributed by atoms with Crippen LogP contribution in [0, 0.1) is 5.92 Å². The molecule has 1 unspecified atom stereocenters. The maximum absolute atomic E-state index is 11.9. The summed E-state index contributed by atoms with van der Waals surface area (Å²) in [7, 11) is 0. The molecular weight excluding hydrogens is 218 g/mol. The van der Waals surface area contributed by atoms with Crippen molar-refractivity contribution in [1.82, 2.24) is 15.5 Å². The normalized spacial score (nSPS) is 24.3. The average molecular weight is 239 g/mol. The minimum Gasteiger partial charge on any atom is -0.356 e. The van der Waals surface area contributed by atoms with Crippen molar-refractivity contribution >= 4 is 11.9 Å². The Bertz CT molecular complexity index is 302. The SMILES string of the molecule is CCNC(=O)C1CCCN(C(=O)NC2CC2)C1. The van der Waals surface area contributed by atoms with Crippen LogP contribution in [0.1, 0.15) is 32.6 Å². The van der Waals surface area contributed by atoms with Crippen LogP contribution in [0.2, 0.25) is 0 Å². The van der Waals surface area contributed by atoms with Gasteiger partial charge < -0.3 is 15.5 Å². The zero-order valence-corrected chi connectivity index (χ0v) is 10.4. The van der Waals surface area contributed by atoms with Crippen LogP contribution in [0.5, 0.6) is 0 Å². The first-order valence-electron chi connectivity index (χ1n) is 6.54. The quantitative estimate of drug-likeness (QED) is 0.762. The summed E-state index contributed by atoms with van der Waals surface area (Å²) in [5.41, 5.74) is 0. The molecule has 5 nitrogen and oxygen atoms in total. The van der Waals surface area contributed by atoms with Gasteiger partial charge in [-0.2, -0.15) is 0 Å². The largest absolute Gasteiger partial charge is 0.356 e. The first-order chi connectivity index (χ1) is 8.20. The van der Waals surface area contributed by atoms with Gasteiger partial charge in [0.05, 0.1) is 5.92 Å². The molecule has 96 valence electrons. The van der Waals surface area contributed by atoms with E-state index >= 15 is 0 Å². The summed E-state index contributed by atoms with van der Waals surface area (Å²) in [5, 5.41) is 5.80. The topological polar surface area (TPSA) is 61.4 Å². The summed E-state index contributed by atoms with van der Waals surface area (Å²) < 4.78 is 0. The molecule has 5 heteroatoms. The molecule has 0 radical (unpaired) electrons. The third kappa shape index (κ3) is 3.35. The van der Waals surface area contributed by atoms with Crippen LogP contribution in [0.25, 0.3) is 0 Å². The number of hydrogen-bond acceptors (Lipinski definition) is 2. The van der Waals surface area contributed by atoms with Gasteiger partial charge in [0.15, 0.2) is 0 Å². The molecule has 0 aromatic rings. The highest BCUT2D eigenvalue weighted by Crippen LogP contribution is 2.21. The molecular formula is C12H21N3O2. The van der Waals surface area contributed by atoms with Crippen molar-refractivity contribution in [2.45, 2.75) is 38.6 Å². The lowest BCUT2D eigenvalue weighted by atomic mass is 9.97. The van der Waals surface area contributed by atoms with Crippen LogP contribution in [0.3, 0.4) is 0 Å². The van der Waals surface area contributed by atoms with Crippen molar-refractivity contribution in [3.63, 3.8) is 0 Å². The minimum atomic E-state index is -0.0337. The van der Waals surface area contributed by atoms with E-state index in [4.69, 9.17) is 0 Å². The lowest BCUT2D eigenvalue weighted by molar-refractivity contribution is -0.126. The zero-order valence-electron chi connectivity index (χ0n) is 10.4. The molecule has 0 aromatic carbocycles. The molecule has 1 aliphatic carbocycles. The molecule has 1 aliphatic heterocycles. The summed E-state index contributed by atoms with van der Waals surface area (Å²) >= 11 is 0. The van der Waals surface area contributed by atoms with Crippen molar-refractivity contribution in [3.8, 4) is 0 Å². The second kappa shape index (κ2) is 5.38. The van der Waals surface area contributed by atoms with Crippen LogP contribution in [-0.4, -0.2) is 42.5 Å². The third-order valence-corrected chi connectivity index (χ3v) is 3.34. The van der Waals surface area contributed by atoms with Gasteiger partial charge in [0, 0.05) is 25.7 Å². The molecule has 0 bridgehead atoms. The molecule has 2 aliphatic rings. The van der Waals surface area contributed by atoms with Gasteiger partial charge in [-0.15, -0.1) is 0 Å². The Morgan fingerprint density at radius 1 is 1.29 bits per heavy atom. The maximum Gasteiger partial charge on any atom is 0.317 e. The van der Waals surface area contributed by atoms with Crippen LogP contribution in [-0.2, 0) is 4.79 Å². The van der Waals surface area contributed by atoms with Crippen molar-refractivity contribution in [2.24, 2.45) is 5.92 Å². The minimum absolute atomic E-state index is 0.00139. The molecule has 1 atom stereocenters. The van der Waals surface area contributed by atoms with Crippen LogP contribution >= 0.6 is 0 Å². The van der Waals surface area contributed by atoms with Gasteiger partial charge in [0.2, 0.25) is 5.91 Å². The van der Waals surface area contributed by atoms with Gasteiger partial charge in [-0.05, 0) is 32.6 Å². The van der Waals surface area contributed by atoms with Crippen LogP contribution in [0.15, 0.2) is 0 Å². The van der Waals surface area contributed by atoms with Crippen molar-refractivity contribution in [2.75, 3.05) is 19.6 Å². The molecule has 3 amide bonds. The summed E-state index contributed by atoms with van der Waals surface area (Å²) in [6.07, 6.45) is 4.00.